The van der Waals surface area contributed by atoms with Crippen molar-refractivity contribution in [3.05, 3.63) is 9.26 Å². The van der Waals surface area contributed by atoms with E-state index in [9.17, 15) is 0 Å². The predicted molar refractivity (Wildman–Crippen MR) is 65.2 cm³/mol. The summed E-state index contributed by atoms with van der Waals surface area (Å²) in [5.74, 6) is 0.716. The highest BCUT2D eigenvalue weighted by molar-refractivity contribution is 14.1. The molecule has 0 fully saturated rings. The molecular formula is C9H16IN3O. The zero-order valence-electron chi connectivity index (χ0n) is 8.97. The van der Waals surface area contributed by atoms with Crippen molar-refractivity contribution in [2.45, 2.75) is 32.9 Å². The fourth-order valence-electron chi connectivity index (χ4n) is 1.12. The number of anilines is 1. The average molecular weight is 309 g/mol. The Bertz CT molecular complexity index is 333. The highest BCUT2D eigenvalue weighted by Crippen LogP contribution is 2.21. The molecule has 0 bridgehead atoms. The number of nitrogens with two attached hydrogens (primary N) is 1. The Morgan fingerprint density at radius 2 is 2.14 bits per heavy atom. The van der Waals surface area contributed by atoms with Crippen LogP contribution in [-0.2, 0) is 11.3 Å². The second-order valence-corrected chi connectivity index (χ2v) is 4.98. The molecule has 2 N–H and O–H groups in total. The number of nitrogen functional groups attached to an aromatic ring is 1. The molecule has 0 atom stereocenters. The minimum atomic E-state index is -0.240. The zero-order valence-corrected chi connectivity index (χ0v) is 11.1. The number of methoxy groups -OCH3 is 1. The highest BCUT2D eigenvalue weighted by atomic mass is 127. The molecule has 0 aromatic carbocycles. The monoisotopic (exact) mass is 309 g/mol. The Morgan fingerprint density at radius 1 is 1.57 bits per heavy atom. The minimum Gasteiger partial charge on any atom is -0.383 e. The van der Waals surface area contributed by atoms with E-state index >= 15 is 0 Å². The van der Waals surface area contributed by atoms with Crippen LogP contribution in [-0.4, -0.2) is 22.5 Å². The molecule has 0 saturated carbocycles. The lowest BCUT2D eigenvalue weighted by Gasteiger charge is -2.23. The number of halogens is 1. The molecule has 0 aliphatic heterocycles. The second-order valence-electron chi connectivity index (χ2n) is 3.91. The summed E-state index contributed by atoms with van der Waals surface area (Å²) in [6.45, 7) is 6.64. The molecule has 0 unspecified atom stereocenters. The molecule has 0 aliphatic carbocycles. The van der Waals surface area contributed by atoms with Gasteiger partial charge < -0.3 is 10.5 Å². The summed E-state index contributed by atoms with van der Waals surface area (Å²) in [5, 5.41) is 4.35. The van der Waals surface area contributed by atoms with Crippen molar-refractivity contribution in [2.24, 2.45) is 0 Å². The SMILES string of the molecule is COC(C)(C)Cn1nc(C)c(I)c1N. The topological polar surface area (TPSA) is 53.1 Å². The lowest BCUT2D eigenvalue weighted by Crippen LogP contribution is -2.30. The van der Waals surface area contributed by atoms with E-state index in [1.165, 1.54) is 0 Å². The third kappa shape index (κ3) is 2.38. The lowest BCUT2D eigenvalue weighted by atomic mass is 10.1. The normalized spacial score (nSPS) is 12.1. The van der Waals surface area contributed by atoms with Crippen molar-refractivity contribution in [3.8, 4) is 0 Å². The first-order valence-electron chi connectivity index (χ1n) is 4.41. The van der Waals surface area contributed by atoms with Crippen LogP contribution in [0.25, 0.3) is 0 Å². The molecule has 14 heavy (non-hydrogen) atoms. The molecule has 0 saturated heterocycles. The summed E-state index contributed by atoms with van der Waals surface area (Å²) in [4.78, 5) is 0. The largest absolute Gasteiger partial charge is 0.383 e. The van der Waals surface area contributed by atoms with Gasteiger partial charge in [-0.1, -0.05) is 0 Å². The zero-order chi connectivity index (χ0) is 10.9. The van der Waals surface area contributed by atoms with Gasteiger partial charge in [-0.2, -0.15) is 5.10 Å². The van der Waals surface area contributed by atoms with Crippen LogP contribution in [0.3, 0.4) is 0 Å². The van der Waals surface area contributed by atoms with Gasteiger partial charge in [-0.15, -0.1) is 0 Å². The van der Waals surface area contributed by atoms with Crippen molar-refractivity contribution in [1.82, 2.24) is 9.78 Å². The van der Waals surface area contributed by atoms with Gasteiger partial charge in [-0.25, -0.2) is 4.68 Å². The standard InChI is InChI=1S/C9H16IN3O/c1-6-7(10)8(11)13(12-6)5-9(2,3)14-4/h5,11H2,1-4H3. The van der Waals surface area contributed by atoms with E-state index in [1.54, 1.807) is 11.8 Å². The Kier molecular flexibility index (Phi) is 3.41. The molecular weight excluding hydrogens is 293 g/mol. The highest BCUT2D eigenvalue weighted by Gasteiger charge is 2.20. The van der Waals surface area contributed by atoms with Gasteiger partial charge in [0.15, 0.2) is 0 Å². The van der Waals surface area contributed by atoms with E-state index in [1.807, 2.05) is 20.8 Å². The number of nitrogens with zero attached hydrogens (tertiary/aromatic N) is 2. The maximum atomic E-state index is 5.90. The Balaban J connectivity index is 2.93. The van der Waals surface area contributed by atoms with Crippen LogP contribution < -0.4 is 5.73 Å². The quantitative estimate of drug-likeness (QED) is 0.866. The van der Waals surface area contributed by atoms with Crippen molar-refractivity contribution in [1.29, 1.82) is 0 Å². The summed E-state index contributed by atoms with van der Waals surface area (Å²) in [6.07, 6.45) is 0. The van der Waals surface area contributed by atoms with E-state index in [0.717, 1.165) is 9.26 Å². The number of ether oxygens (including phenoxy) is 1. The number of aromatic nitrogens is 2. The molecule has 1 rings (SSSR count). The van der Waals surface area contributed by atoms with Gasteiger partial charge in [-0.05, 0) is 43.4 Å². The van der Waals surface area contributed by atoms with Crippen LogP contribution in [0.5, 0.6) is 0 Å². The third-order valence-corrected chi connectivity index (χ3v) is 3.51. The van der Waals surface area contributed by atoms with Crippen LogP contribution >= 0.6 is 22.6 Å². The molecule has 0 radical (unpaired) electrons. The maximum absolute atomic E-state index is 5.90. The molecule has 1 heterocycles. The summed E-state index contributed by atoms with van der Waals surface area (Å²) in [5.41, 5.74) is 6.63. The Morgan fingerprint density at radius 3 is 2.50 bits per heavy atom. The molecule has 1 aromatic heterocycles. The van der Waals surface area contributed by atoms with Gasteiger partial charge in [-0.3, -0.25) is 0 Å². The van der Waals surface area contributed by atoms with E-state index in [4.69, 9.17) is 10.5 Å². The van der Waals surface area contributed by atoms with Gasteiger partial charge in [0.25, 0.3) is 0 Å². The van der Waals surface area contributed by atoms with Crippen LogP contribution in [0.4, 0.5) is 5.82 Å². The van der Waals surface area contributed by atoms with Crippen LogP contribution in [0.2, 0.25) is 0 Å². The molecule has 5 heteroatoms. The van der Waals surface area contributed by atoms with Crippen LogP contribution in [0.1, 0.15) is 19.5 Å². The Hall–Kier alpha value is -0.300. The number of rotatable bonds is 3. The van der Waals surface area contributed by atoms with Gasteiger partial charge in [0.05, 0.1) is 21.4 Å². The smallest absolute Gasteiger partial charge is 0.135 e. The van der Waals surface area contributed by atoms with E-state index in [2.05, 4.69) is 27.7 Å². The summed E-state index contributed by atoms with van der Waals surface area (Å²) in [6, 6.07) is 0. The van der Waals surface area contributed by atoms with Gasteiger partial charge in [0, 0.05) is 7.11 Å². The molecule has 0 aliphatic rings. The third-order valence-electron chi connectivity index (χ3n) is 2.17. The van der Waals surface area contributed by atoms with Gasteiger partial charge in [0.2, 0.25) is 0 Å². The van der Waals surface area contributed by atoms with Gasteiger partial charge in [0.1, 0.15) is 5.82 Å². The predicted octanol–water partition coefficient (Wildman–Crippen LogP) is 1.80. The van der Waals surface area contributed by atoms with E-state index in [-0.39, 0.29) is 5.60 Å². The molecule has 1 aromatic rings. The molecule has 0 spiro atoms. The first-order chi connectivity index (χ1) is 6.37. The lowest BCUT2D eigenvalue weighted by molar-refractivity contribution is 0.00588. The Labute approximate surface area is 97.9 Å². The summed E-state index contributed by atoms with van der Waals surface area (Å²) >= 11 is 2.20. The van der Waals surface area contributed by atoms with Crippen molar-refractivity contribution >= 4 is 28.4 Å². The van der Waals surface area contributed by atoms with Crippen molar-refractivity contribution < 1.29 is 4.74 Å². The van der Waals surface area contributed by atoms with Crippen LogP contribution in [0.15, 0.2) is 0 Å². The second kappa shape index (κ2) is 4.06. The molecule has 4 nitrogen and oxygen atoms in total. The molecule has 0 amide bonds. The van der Waals surface area contributed by atoms with Crippen LogP contribution in [0, 0.1) is 10.5 Å². The fraction of sp³-hybridized carbons (Fsp3) is 0.667. The number of hydrogen-bond donors (Lipinski definition) is 1. The maximum Gasteiger partial charge on any atom is 0.135 e. The van der Waals surface area contributed by atoms with E-state index in [0.29, 0.717) is 12.4 Å². The minimum absolute atomic E-state index is 0.240. The molecule has 80 valence electrons. The fourth-order valence-corrected chi connectivity index (χ4v) is 1.51. The summed E-state index contributed by atoms with van der Waals surface area (Å²) in [7, 11) is 1.69. The average Bonchev–Trinajstić information content (AvgIpc) is 2.33. The van der Waals surface area contributed by atoms with Gasteiger partial charge >= 0.3 is 0 Å². The van der Waals surface area contributed by atoms with E-state index < -0.39 is 0 Å². The number of hydrogen-bond acceptors (Lipinski definition) is 3. The number of aryl methyl sites for hydroxylation is 1. The van der Waals surface area contributed by atoms with Crippen molar-refractivity contribution in [3.63, 3.8) is 0 Å². The first-order valence-corrected chi connectivity index (χ1v) is 5.49. The summed E-state index contributed by atoms with van der Waals surface area (Å²) < 4.78 is 8.14. The van der Waals surface area contributed by atoms with Crippen molar-refractivity contribution in [2.75, 3.05) is 12.8 Å². The first kappa shape index (κ1) is 11.8.